The zero-order valence-corrected chi connectivity index (χ0v) is 6.13. The molecule has 2 N–H and O–H groups in total. The minimum absolute atomic E-state index is 0. The van der Waals surface area contributed by atoms with Gasteiger partial charge in [-0.15, -0.1) is 23.7 Å². The van der Waals surface area contributed by atoms with Gasteiger partial charge in [0.1, 0.15) is 10.9 Å². The Morgan fingerprint density at radius 2 is 2.10 bits per heavy atom. The minimum Gasteiger partial charge on any atom is -0.391 e. The molecular weight excluding hydrogens is 168 g/mol. The summed E-state index contributed by atoms with van der Waals surface area (Å²) in [6.45, 7) is 0. The molecule has 0 aliphatic rings. The molecule has 0 radical (unpaired) electrons. The zero-order chi connectivity index (χ0) is 5.98. The van der Waals surface area contributed by atoms with Crippen LogP contribution in [0.1, 0.15) is 12.3 Å². The summed E-state index contributed by atoms with van der Waals surface area (Å²) < 4.78 is 0. The molecule has 56 valence electrons. The van der Waals surface area contributed by atoms with Crippen LogP contribution in [0.15, 0.2) is 12.1 Å². The lowest BCUT2D eigenvalue weighted by atomic mass is 10.5. The highest BCUT2D eigenvalue weighted by Gasteiger charge is 1.90. The first kappa shape index (κ1) is 12.0. The summed E-state index contributed by atoms with van der Waals surface area (Å²) in [5.41, 5.74) is 5.32. The molecule has 0 amide bonds. The number of thiophene rings is 1. The number of hydrogen-bond donors (Lipinski definition) is 1. The van der Waals surface area contributed by atoms with Crippen molar-refractivity contribution in [2.45, 2.75) is 7.43 Å². The Morgan fingerprint density at radius 3 is 2.30 bits per heavy atom. The summed E-state index contributed by atoms with van der Waals surface area (Å²) >= 11 is 1.30. The third kappa shape index (κ3) is 2.72. The van der Waals surface area contributed by atoms with Crippen molar-refractivity contribution >= 4 is 28.7 Å². The van der Waals surface area contributed by atoms with Crippen LogP contribution in [0.25, 0.3) is 0 Å². The molecule has 4 heteroatoms. The molecule has 10 heavy (non-hydrogen) atoms. The second-order valence-corrected chi connectivity index (χ2v) is 2.43. The van der Waals surface area contributed by atoms with Gasteiger partial charge in [0.05, 0.1) is 5.00 Å². The molecule has 0 fully saturated rings. The molecule has 1 heterocycles. The predicted molar refractivity (Wildman–Crippen MR) is 47.4 cm³/mol. The minimum atomic E-state index is 0. The number of halogens is 1. The van der Waals surface area contributed by atoms with Gasteiger partial charge >= 0.3 is 0 Å². The van der Waals surface area contributed by atoms with Gasteiger partial charge in [-0.25, -0.2) is 0 Å². The van der Waals surface area contributed by atoms with Gasteiger partial charge in [0.15, 0.2) is 0 Å². The molecule has 0 aromatic carbocycles. The maximum atomic E-state index is 8.26. The van der Waals surface area contributed by atoms with Crippen LogP contribution in [-0.4, -0.2) is 0 Å². The van der Waals surface area contributed by atoms with E-state index < -0.39 is 0 Å². The lowest BCUT2D eigenvalue weighted by Gasteiger charge is -1.71. The fourth-order valence-corrected chi connectivity index (χ4v) is 0.985. The van der Waals surface area contributed by atoms with E-state index in [1.165, 1.54) is 11.3 Å². The van der Waals surface area contributed by atoms with Gasteiger partial charge in [-0.05, 0) is 12.1 Å². The average Bonchev–Trinajstić information content (AvgIpc) is 2.14. The third-order valence-corrected chi connectivity index (χ3v) is 1.56. The molecule has 1 aromatic heterocycles. The van der Waals surface area contributed by atoms with Gasteiger partial charge < -0.3 is 5.73 Å². The summed E-state index contributed by atoms with van der Waals surface area (Å²) in [4.78, 5) is 0.669. The molecule has 1 rings (SSSR count). The summed E-state index contributed by atoms with van der Waals surface area (Å²) in [7, 11) is 0. The second kappa shape index (κ2) is 5.10. The molecular formula is C6H9ClN2S. The Balaban J connectivity index is 0. The number of nitrogens with two attached hydrogens (primary N) is 1. The number of nitrogens with zero attached hydrogens (tertiary/aromatic N) is 1. The SMILES string of the molecule is C.Cl.N#Cc1ccc(N)s1. The quantitative estimate of drug-likeness (QED) is 0.659. The first-order chi connectivity index (χ1) is 3.83. The van der Waals surface area contributed by atoms with E-state index in [-0.39, 0.29) is 19.8 Å². The summed E-state index contributed by atoms with van der Waals surface area (Å²) in [5, 5.41) is 8.95. The smallest absolute Gasteiger partial charge is 0.110 e. The summed E-state index contributed by atoms with van der Waals surface area (Å²) in [5.74, 6) is 0. The summed E-state index contributed by atoms with van der Waals surface area (Å²) in [6.07, 6.45) is 0. The van der Waals surface area contributed by atoms with Crippen molar-refractivity contribution in [3.05, 3.63) is 17.0 Å². The molecule has 0 bridgehead atoms. The molecule has 0 saturated heterocycles. The Labute approximate surface area is 70.7 Å². The van der Waals surface area contributed by atoms with Crippen LogP contribution in [0.4, 0.5) is 5.00 Å². The number of nitriles is 1. The monoisotopic (exact) mass is 176 g/mol. The molecule has 0 aliphatic heterocycles. The lowest BCUT2D eigenvalue weighted by molar-refractivity contribution is 1.52. The fraction of sp³-hybridized carbons (Fsp3) is 0.167. The van der Waals surface area contributed by atoms with Crippen molar-refractivity contribution in [1.29, 1.82) is 5.26 Å². The van der Waals surface area contributed by atoms with E-state index in [0.717, 1.165) is 0 Å². The van der Waals surface area contributed by atoms with Crippen molar-refractivity contribution in [3.63, 3.8) is 0 Å². The topological polar surface area (TPSA) is 49.8 Å². The molecule has 0 aliphatic carbocycles. The standard InChI is InChI=1S/C5H4N2S.CH4.ClH/c6-3-4-1-2-5(7)8-4;;/h1-2H,7H2;1H4;1H. The van der Waals surface area contributed by atoms with Crippen molar-refractivity contribution in [2.24, 2.45) is 0 Å². The Bertz CT molecular complexity index is 226. The van der Waals surface area contributed by atoms with E-state index >= 15 is 0 Å². The van der Waals surface area contributed by atoms with Gasteiger partial charge in [0, 0.05) is 0 Å². The van der Waals surface area contributed by atoms with E-state index in [2.05, 4.69) is 0 Å². The van der Waals surface area contributed by atoms with Gasteiger partial charge in [-0.3, -0.25) is 0 Å². The number of nitrogen functional groups attached to an aromatic ring is 1. The van der Waals surface area contributed by atoms with Gasteiger partial charge in [-0.1, -0.05) is 7.43 Å². The van der Waals surface area contributed by atoms with Crippen LogP contribution in [-0.2, 0) is 0 Å². The second-order valence-electron chi connectivity index (χ2n) is 1.31. The number of hydrogen-bond acceptors (Lipinski definition) is 3. The van der Waals surface area contributed by atoms with Crippen molar-refractivity contribution in [1.82, 2.24) is 0 Å². The summed E-state index contributed by atoms with van der Waals surface area (Å²) in [6, 6.07) is 5.42. The molecule has 0 spiro atoms. The van der Waals surface area contributed by atoms with E-state index in [1.54, 1.807) is 12.1 Å². The molecule has 0 unspecified atom stereocenters. The fourth-order valence-electron chi connectivity index (χ4n) is 0.413. The highest BCUT2D eigenvalue weighted by atomic mass is 35.5. The Kier molecular flexibility index (Phi) is 6.12. The first-order valence-corrected chi connectivity index (χ1v) is 2.90. The Hall–Kier alpha value is -0.720. The van der Waals surface area contributed by atoms with Crippen LogP contribution < -0.4 is 5.73 Å². The van der Waals surface area contributed by atoms with Gasteiger partial charge in [-0.2, -0.15) is 5.26 Å². The predicted octanol–water partition coefficient (Wildman–Crippen LogP) is 2.26. The number of rotatable bonds is 0. The normalized spacial score (nSPS) is 6.70. The maximum Gasteiger partial charge on any atom is 0.110 e. The zero-order valence-electron chi connectivity index (χ0n) is 4.50. The molecule has 1 aromatic rings. The van der Waals surface area contributed by atoms with E-state index in [0.29, 0.717) is 9.88 Å². The largest absolute Gasteiger partial charge is 0.391 e. The van der Waals surface area contributed by atoms with E-state index in [9.17, 15) is 0 Å². The lowest BCUT2D eigenvalue weighted by Crippen LogP contribution is -1.72. The third-order valence-electron chi connectivity index (χ3n) is 0.737. The van der Waals surface area contributed by atoms with Gasteiger partial charge in [0.25, 0.3) is 0 Å². The van der Waals surface area contributed by atoms with Crippen LogP contribution >= 0.6 is 23.7 Å². The van der Waals surface area contributed by atoms with Crippen LogP contribution in [0.3, 0.4) is 0 Å². The average molecular weight is 177 g/mol. The Morgan fingerprint density at radius 1 is 1.50 bits per heavy atom. The maximum absolute atomic E-state index is 8.26. The van der Waals surface area contributed by atoms with Gasteiger partial charge in [0.2, 0.25) is 0 Å². The van der Waals surface area contributed by atoms with E-state index in [4.69, 9.17) is 11.0 Å². The molecule has 0 atom stereocenters. The molecule has 0 saturated carbocycles. The van der Waals surface area contributed by atoms with Crippen molar-refractivity contribution in [3.8, 4) is 6.07 Å². The van der Waals surface area contributed by atoms with Crippen molar-refractivity contribution < 1.29 is 0 Å². The van der Waals surface area contributed by atoms with Crippen LogP contribution in [0.5, 0.6) is 0 Å². The van der Waals surface area contributed by atoms with Crippen LogP contribution in [0, 0.1) is 11.3 Å². The van der Waals surface area contributed by atoms with Crippen molar-refractivity contribution in [2.75, 3.05) is 5.73 Å². The van der Waals surface area contributed by atoms with E-state index in [1.807, 2.05) is 6.07 Å². The highest BCUT2D eigenvalue weighted by Crippen LogP contribution is 2.15. The van der Waals surface area contributed by atoms with Crippen LogP contribution in [0.2, 0.25) is 0 Å². The first-order valence-electron chi connectivity index (χ1n) is 2.08. The molecule has 2 nitrogen and oxygen atoms in total. The highest BCUT2D eigenvalue weighted by molar-refractivity contribution is 7.16. The number of anilines is 1.